The minimum absolute atomic E-state index is 0.155. The molecule has 1 aromatic carbocycles. The maximum atomic E-state index is 13.5. The lowest BCUT2D eigenvalue weighted by atomic mass is 10.1. The summed E-state index contributed by atoms with van der Waals surface area (Å²) in [7, 11) is 4.06. The van der Waals surface area contributed by atoms with Crippen molar-refractivity contribution in [2.45, 2.75) is 25.4 Å². The number of likely N-dealkylation sites (N-methyl/N-ethyl adjacent to an activating group) is 1. The van der Waals surface area contributed by atoms with Crippen LogP contribution < -0.4 is 15.0 Å². The minimum atomic E-state index is -0.541. The van der Waals surface area contributed by atoms with Crippen LogP contribution in [0.5, 0.6) is 5.75 Å². The summed E-state index contributed by atoms with van der Waals surface area (Å²) >= 11 is 1.42. The molecule has 0 spiro atoms. The summed E-state index contributed by atoms with van der Waals surface area (Å²) in [5.74, 6) is 0.0728. The summed E-state index contributed by atoms with van der Waals surface area (Å²) < 4.78 is 21.1. The molecule has 5 rings (SSSR count). The van der Waals surface area contributed by atoms with Gasteiger partial charge in [-0.2, -0.15) is 4.39 Å². The number of nitrogens with zero attached hydrogens (tertiary/aromatic N) is 5. The molecule has 1 saturated heterocycles. The number of nitrogens with one attached hydrogen (secondary N) is 1. The second-order valence-electron chi connectivity index (χ2n) is 9.54. The van der Waals surface area contributed by atoms with Crippen molar-refractivity contribution >= 4 is 28.1 Å². The quantitative estimate of drug-likeness (QED) is 0.287. The van der Waals surface area contributed by atoms with Gasteiger partial charge in [0.25, 0.3) is 5.91 Å². The molecule has 0 radical (unpaired) electrons. The number of benzene rings is 1. The second kappa shape index (κ2) is 11.7. The van der Waals surface area contributed by atoms with Crippen LogP contribution in [0.3, 0.4) is 0 Å². The van der Waals surface area contributed by atoms with Crippen molar-refractivity contribution in [3.63, 3.8) is 0 Å². The molecule has 38 heavy (non-hydrogen) atoms. The summed E-state index contributed by atoms with van der Waals surface area (Å²) in [6, 6.07) is 15.0. The number of hydrogen-bond donors (Lipinski definition) is 1. The average molecular weight is 535 g/mol. The number of anilines is 2. The first-order chi connectivity index (χ1) is 18.5. The maximum Gasteiger partial charge on any atom is 0.274 e. The number of aromatic nitrogens is 3. The van der Waals surface area contributed by atoms with Crippen LogP contribution in [0.2, 0.25) is 0 Å². The summed E-state index contributed by atoms with van der Waals surface area (Å²) in [4.78, 5) is 25.9. The fourth-order valence-corrected chi connectivity index (χ4v) is 5.37. The zero-order valence-corrected chi connectivity index (χ0v) is 22.3. The van der Waals surface area contributed by atoms with Gasteiger partial charge in [0.05, 0.1) is 11.7 Å². The Morgan fingerprint density at radius 3 is 2.87 bits per heavy atom. The van der Waals surface area contributed by atoms with Crippen molar-refractivity contribution in [3.05, 3.63) is 89.2 Å². The number of amides is 1. The third-order valence-electron chi connectivity index (χ3n) is 6.52. The number of rotatable bonds is 10. The van der Waals surface area contributed by atoms with Gasteiger partial charge in [0.2, 0.25) is 5.95 Å². The van der Waals surface area contributed by atoms with E-state index in [4.69, 9.17) is 9.72 Å². The Bertz CT molecular complexity index is 1370. The lowest BCUT2D eigenvalue weighted by Crippen LogP contribution is -2.23. The molecule has 10 heteroatoms. The molecule has 4 aromatic rings. The molecule has 0 saturated carbocycles. The van der Waals surface area contributed by atoms with Crippen LogP contribution in [-0.2, 0) is 6.54 Å². The van der Waals surface area contributed by atoms with Crippen LogP contribution in [0.4, 0.5) is 15.2 Å². The fourth-order valence-electron chi connectivity index (χ4n) is 4.62. The molecule has 0 bridgehead atoms. The van der Waals surface area contributed by atoms with Gasteiger partial charge in [-0.3, -0.25) is 10.1 Å². The topological polar surface area (TPSA) is 75.5 Å². The van der Waals surface area contributed by atoms with Gasteiger partial charge >= 0.3 is 0 Å². The van der Waals surface area contributed by atoms with E-state index in [0.29, 0.717) is 24.0 Å². The van der Waals surface area contributed by atoms with Crippen molar-refractivity contribution in [2.75, 3.05) is 44.0 Å². The van der Waals surface area contributed by atoms with E-state index in [2.05, 4.69) is 32.2 Å². The van der Waals surface area contributed by atoms with Crippen LogP contribution in [0.25, 0.3) is 0 Å². The molecule has 1 amide bonds. The first kappa shape index (κ1) is 25.9. The van der Waals surface area contributed by atoms with Gasteiger partial charge in [-0.25, -0.2) is 9.97 Å². The SMILES string of the molecule is CN(C)CCOc1ccc(N2CCC[C@@H]2c2csc(NC(=O)c3cccn3Cc3ccnc(F)c3)n2)cc1. The Morgan fingerprint density at radius 1 is 1.24 bits per heavy atom. The molecule has 4 heterocycles. The van der Waals surface area contributed by atoms with Gasteiger partial charge in [0, 0.05) is 43.1 Å². The third kappa shape index (κ3) is 6.20. The molecule has 0 unspecified atom stereocenters. The van der Waals surface area contributed by atoms with E-state index >= 15 is 0 Å². The predicted molar refractivity (Wildman–Crippen MR) is 148 cm³/mol. The van der Waals surface area contributed by atoms with E-state index in [1.165, 1.54) is 23.6 Å². The zero-order chi connectivity index (χ0) is 26.5. The maximum absolute atomic E-state index is 13.5. The van der Waals surface area contributed by atoms with Crippen LogP contribution in [0.15, 0.2) is 66.3 Å². The molecule has 8 nitrogen and oxygen atoms in total. The number of halogens is 1. The van der Waals surface area contributed by atoms with Gasteiger partial charge in [-0.1, -0.05) is 0 Å². The smallest absolute Gasteiger partial charge is 0.274 e. The van der Waals surface area contributed by atoms with Crippen molar-refractivity contribution in [1.29, 1.82) is 0 Å². The van der Waals surface area contributed by atoms with E-state index in [1.54, 1.807) is 29.0 Å². The van der Waals surface area contributed by atoms with Gasteiger partial charge in [-0.15, -0.1) is 11.3 Å². The highest BCUT2D eigenvalue weighted by Crippen LogP contribution is 2.37. The monoisotopic (exact) mass is 534 g/mol. The van der Waals surface area contributed by atoms with Gasteiger partial charge in [-0.05, 0) is 81.0 Å². The second-order valence-corrected chi connectivity index (χ2v) is 10.4. The van der Waals surface area contributed by atoms with Crippen molar-refractivity contribution in [2.24, 2.45) is 0 Å². The van der Waals surface area contributed by atoms with E-state index in [9.17, 15) is 9.18 Å². The first-order valence-electron chi connectivity index (χ1n) is 12.6. The number of hydrogen-bond acceptors (Lipinski definition) is 7. The lowest BCUT2D eigenvalue weighted by Gasteiger charge is -2.25. The number of carbonyl (C=O) groups is 1. The van der Waals surface area contributed by atoms with Crippen LogP contribution >= 0.6 is 11.3 Å². The number of pyridine rings is 1. The van der Waals surface area contributed by atoms with Crippen LogP contribution in [0, 0.1) is 5.95 Å². The molecule has 3 aromatic heterocycles. The average Bonchev–Trinajstić information content (AvgIpc) is 3.65. The summed E-state index contributed by atoms with van der Waals surface area (Å²) in [5, 5.41) is 5.52. The summed E-state index contributed by atoms with van der Waals surface area (Å²) in [6.45, 7) is 2.84. The summed E-state index contributed by atoms with van der Waals surface area (Å²) in [5.41, 5.74) is 3.30. The Hall–Kier alpha value is -3.76. The number of thiazole rings is 1. The molecule has 198 valence electrons. The molecule has 1 N–H and O–H groups in total. The molecular formula is C28H31FN6O2S. The van der Waals surface area contributed by atoms with Crippen LogP contribution in [-0.4, -0.2) is 59.1 Å². The lowest BCUT2D eigenvalue weighted by molar-refractivity contribution is 0.101. The highest BCUT2D eigenvalue weighted by molar-refractivity contribution is 7.14. The molecule has 1 atom stereocenters. The zero-order valence-electron chi connectivity index (χ0n) is 21.5. The molecular weight excluding hydrogens is 503 g/mol. The fraction of sp³-hybridized carbons (Fsp3) is 0.321. The van der Waals surface area contributed by atoms with Crippen molar-refractivity contribution in [3.8, 4) is 5.75 Å². The summed E-state index contributed by atoms with van der Waals surface area (Å²) in [6.07, 6.45) is 5.30. The first-order valence-corrected chi connectivity index (χ1v) is 13.5. The predicted octanol–water partition coefficient (Wildman–Crippen LogP) is 5.06. The standard InChI is InChI=1S/C28H31FN6O2S/c1-33(2)15-16-37-22-9-7-21(8-10-22)35-14-4-5-24(35)23-19-38-28(31-23)32-27(36)25-6-3-13-34(25)18-20-11-12-30-26(29)17-20/h3,6-13,17,19,24H,4-5,14-16,18H2,1-2H3,(H,31,32,36)/t24-/m1/s1. The Balaban J connectivity index is 1.22. The highest BCUT2D eigenvalue weighted by Gasteiger charge is 2.28. The normalized spacial score (nSPS) is 15.3. The van der Waals surface area contributed by atoms with E-state index in [-0.39, 0.29) is 11.9 Å². The minimum Gasteiger partial charge on any atom is -0.492 e. The Labute approximate surface area is 225 Å². The largest absolute Gasteiger partial charge is 0.492 e. The van der Waals surface area contributed by atoms with Crippen molar-refractivity contribution < 1.29 is 13.9 Å². The van der Waals surface area contributed by atoms with E-state index in [0.717, 1.165) is 48.6 Å². The van der Waals surface area contributed by atoms with Crippen molar-refractivity contribution in [1.82, 2.24) is 19.4 Å². The van der Waals surface area contributed by atoms with Gasteiger partial charge < -0.3 is 19.1 Å². The van der Waals surface area contributed by atoms with Gasteiger partial charge in [0.15, 0.2) is 5.13 Å². The Morgan fingerprint density at radius 2 is 2.08 bits per heavy atom. The van der Waals surface area contributed by atoms with Crippen LogP contribution in [0.1, 0.15) is 40.6 Å². The Kier molecular flexibility index (Phi) is 8.00. The molecule has 1 aliphatic rings. The van der Waals surface area contributed by atoms with Gasteiger partial charge in [0.1, 0.15) is 18.1 Å². The third-order valence-corrected chi connectivity index (χ3v) is 7.29. The number of carbonyl (C=O) groups excluding carboxylic acids is 1. The molecule has 0 aliphatic carbocycles. The highest BCUT2D eigenvalue weighted by atomic mass is 32.1. The van der Waals surface area contributed by atoms with E-state index < -0.39 is 5.95 Å². The number of ether oxygens (including phenoxy) is 1. The van der Waals surface area contributed by atoms with E-state index in [1.807, 2.05) is 31.6 Å². The molecule has 1 fully saturated rings. The molecule has 1 aliphatic heterocycles.